The van der Waals surface area contributed by atoms with Crippen LogP contribution in [0, 0.1) is 0 Å². The lowest BCUT2D eigenvalue weighted by Gasteiger charge is -2.40. The van der Waals surface area contributed by atoms with Crippen LogP contribution in [0.15, 0.2) is 48.5 Å². The minimum absolute atomic E-state index is 0.0561. The zero-order valence-corrected chi connectivity index (χ0v) is 20.8. The Bertz CT molecular complexity index is 1760. The third-order valence-electron chi connectivity index (χ3n) is 8.35. The maximum Gasteiger partial charge on any atom is 0.252 e. The minimum atomic E-state index is -1.02. The van der Waals surface area contributed by atoms with Gasteiger partial charge in [-0.2, -0.15) is 0 Å². The standard InChI is InChI=1S/C29H28N4O5/c1-13-27(38-29(35)20-12-36-20)17(30)10-21(37-13)33-19-9-5-3-7-15(19)23-24-16(11-31-28(24)34)22-14-6-2-4-8-18(14)32-25(22)26(23)33/h2-9,13,17,20-21,27,29,32,35H,10-12,30H2,1H3,(H,31,34). The molecule has 0 aliphatic carbocycles. The van der Waals surface area contributed by atoms with Crippen molar-refractivity contribution in [1.29, 1.82) is 0 Å². The molecule has 194 valence electrons. The van der Waals surface area contributed by atoms with Gasteiger partial charge in [0.2, 0.25) is 0 Å². The van der Waals surface area contributed by atoms with E-state index in [4.69, 9.17) is 19.9 Å². The largest absolute Gasteiger partial charge is 0.368 e. The quantitative estimate of drug-likeness (QED) is 0.216. The van der Waals surface area contributed by atoms with Crippen molar-refractivity contribution in [2.75, 3.05) is 6.61 Å². The lowest BCUT2D eigenvalue weighted by atomic mass is 9.97. The number of ether oxygens (including phenoxy) is 3. The predicted molar refractivity (Wildman–Crippen MR) is 143 cm³/mol. The molecular formula is C29H28N4O5. The Labute approximate surface area is 217 Å². The van der Waals surface area contributed by atoms with Gasteiger partial charge in [0.25, 0.3) is 5.91 Å². The number of nitrogens with zero attached hydrogens (tertiary/aromatic N) is 1. The van der Waals surface area contributed by atoms with Crippen LogP contribution >= 0.6 is 0 Å². The second kappa shape index (κ2) is 8.02. The molecule has 9 heteroatoms. The number of epoxide rings is 1. The average molecular weight is 513 g/mol. The van der Waals surface area contributed by atoms with E-state index < -0.39 is 18.6 Å². The number of hydrogen-bond acceptors (Lipinski definition) is 6. The molecule has 8 rings (SSSR count). The number of carbonyl (C=O) groups excluding carboxylic acids is 1. The van der Waals surface area contributed by atoms with Crippen molar-refractivity contribution in [2.45, 2.75) is 56.8 Å². The van der Waals surface area contributed by atoms with Crippen LogP contribution in [-0.2, 0) is 20.8 Å². The number of nitrogens with one attached hydrogen (secondary N) is 2. The second-order valence-electron chi connectivity index (χ2n) is 10.6. The van der Waals surface area contributed by atoms with Crippen molar-refractivity contribution in [3.05, 3.63) is 59.7 Å². The first kappa shape index (κ1) is 22.5. The van der Waals surface area contributed by atoms with E-state index in [1.165, 1.54) is 0 Å². The summed E-state index contributed by atoms with van der Waals surface area (Å²) in [6, 6.07) is 16.0. The molecule has 3 aliphatic rings. The van der Waals surface area contributed by atoms with Gasteiger partial charge in [-0.3, -0.25) is 4.79 Å². The van der Waals surface area contributed by atoms with E-state index in [1.54, 1.807) is 0 Å². The predicted octanol–water partition coefficient (Wildman–Crippen LogP) is 3.41. The number of amides is 1. The Hall–Kier alpha value is -3.47. The number of fused-ring (bicyclic) bond motifs is 10. The van der Waals surface area contributed by atoms with Crippen LogP contribution in [-0.4, -0.2) is 57.8 Å². The number of aliphatic hydroxyl groups excluding tert-OH is 1. The minimum Gasteiger partial charge on any atom is -0.368 e. The summed E-state index contributed by atoms with van der Waals surface area (Å²) in [5, 5.41) is 17.5. The first-order valence-electron chi connectivity index (χ1n) is 13.1. The molecule has 0 bridgehead atoms. The van der Waals surface area contributed by atoms with Crippen molar-refractivity contribution in [1.82, 2.24) is 14.9 Å². The van der Waals surface area contributed by atoms with E-state index in [2.05, 4.69) is 39.1 Å². The molecular weight excluding hydrogens is 484 g/mol. The van der Waals surface area contributed by atoms with Crippen molar-refractivity contribution in [3.8, 4) is 0 Å². The van der Waals surface area contributed by atoms with Crippen LogP contribution in [0.4, 0.5) is 0 Å². The summed E-state index contributed by atoms with van der Waals surface area (Å²) in [6.07, 6.45) is -2.08. The molecule has 9 nitrogen and oxygen atoms in total. The molecule has 38 heavy (non-hydrogen) atoms. The Kier molecular flexibility index (Phi) is 4.75. The van der Waals surface area contributed by atoms with Gasteiger partial charge in [-0.25, -0.2) is 0 Å². The lowest BCUT2D eigenvalue weighted by Crippen LogP contribution is -2.52. The highest BCUT2D eigenvalue weighted by molar-refractivity contribution is 6.30. The van der Waals surface area contributed by atoms with Crippen molar-refractivity contribution >= 4 is 49.5 Å². The maximum atomic E-state index is 13.3. The van der Waals surface area contributed by atoms with Gasteiger partial charge in [0.05, 0.1) is 34.8 Å². The normalized spacial score (nSPS) is 27.9. The van der Waals surface area contributed by atoms with Gasteiger partial charge >= 0.3 is 0 Å². The Morgan fingerprint density at radius 3 is 2.68 bits per heavy atom. The number of aliphatic hydroxyl groups is 1. The van der Waals surface area contributed by atoms with Crippen molar-refractivity contribution < 1.29 is 24.1 Å². The number of para-hydroxylation sites is 2. The molecule has 6 unspecified atom stereocenters. The maximum absolute atomic E-state index is 13.3. The molecule has 2 saturated heterocycles. The Balaban J connectivity index is 1.37. The van der Waals surface area contributed by atoms with E-state index in [0.717, 1.165) is 54.7 Å². The van der Waals surface area contributed by atoms with E-state index in [-0.39, 0.29) is 24.2 Å². The molecule has 2 fully saturated rings. The molecule has 0 radical (unpaired) electrons. The van der Waals surface area contributed by atoms with E-state index in [9.17, 15) is 9.90 Å². The average Bonchev–Trinajstić information content (AvgIpc) is 3.48. The fourth-order valence-corrected chi connectivity index (χ4v) is 6.60. The lowest BCUT2D eigenvalue weighted by molar-refractivity contribution is -0.221. The van der Waals surface area contributed by atoms with Crippen molar-refractivity contribution in [3.63, 3.8) is 0 Å². The molecule has 2 aromatic heterocycles. The van der Waals surface area contributed by atoms with Crippen LogP contribution in [0.2, 0.25) is 0 Å². The summed E-state index contributed by atoms with van der Waals surface area (Å²) in [5.74, 6) is -0.0561. The van der Waals surface area contributed by atoms with Crippen LogP contribution in [0.1, 0.15) is 35.5 Å². The fourth-order valence-electron chi connectivity index (χ4n) is 6.60. The monoisotopic (exact) mass is 512 g/mol. The van der Waals surface area contributed by atoms with Crippen LogP contribution in [0.3, 0.4) is 0 Å². The highest BCUT2D eigenvalue weighted by atomic mass is 16.7. The van der Waals surface area contributed by atoms with Crippen LogP contribution in [0.5, 0.6) is 0 Å². The van der Waals surface area contributed by atoms with Gasteiger partial charge in [0, 0.05) is 46.1 Å². The number of nitrogens with two attached hydrogens (primary N) is 1. The van der Waals surface area contributed by atoms with E-state index >= 15 is 0 Å². The third kappa shape index (κ3) is 3.08. The number of aromatic nitrogens is 2. The summed E-state index contributed by atoms with van der Waals surface area (Å²) in [4.78, 5) is 17.0. The van der Waals surface area contributed by atoms with Gasteiger partial charge in [0.1, 0.15) is 18.4 Å². The molecule has 0 saturated carbocycles. The first-order valence-corrected chi connectivity index (χ1v) is 13.1. The molecule has 5 N–H and O–H groups in total. The Morgan fingerprint density at radius 1 is 1.13 bits per heavy atom. The number of H-pyrrole nitrogens is 1. The zero-order valence-electron chi connectivity index (χ0n) is 20.8. The SMILES string of the molecule is CC1OC(n2c3ccccc3c3c4c(c5c6ccccc6[nH]c5c32)CNC4=O)CC(N)C1OC(O)C1CO1. The van der Waals surface area contributed by atoms with Gasteiger partial charge in [-0.1, -0.05) is 36.4 Å². The molecule has 6 atom stereocenters. The van der Waals surface area contributed by atoms with Gasteiger partial charge in [-0.05, 0) is 24.6 Å². The highest BCUT2D eigenvalue weighted by Crippen LogP contribution is 2.46. The summed E-state index contributed by atoms with van der Waals surface area (Å²) in [7, 11) is 0. The molecule has 1 amide bonds. The summed E-state index contributed by atoms with van der Waals surface area (Å²) in [5.41, 5.74) is 12.3. The second-order valence-corrected chi connectivity index (χ2v) is 10.6. The smallest absolute Gasteiger partial charge is 0.252 e. The third-order valence-corrected chi connectivity index (χ3v) is 8.35. The molecule has 3 aliphatic heterocycles. The summed E-state index contributed by atoms with van der Waals surface area (Å²) in [6.45, 7) is 2.91. The zero-order chi connectivity index (χ0) is 25.7. The van der Waals surface area contributed by atoms with Crippen molar-refractivity contribution in [2.24, 2.45) is 5.73 Å². The number of aromatic amines is 1. The fraction of sp³-hybridized carbons (Fsp3) is 0.345. The number of rotatable bonds is 4. The van der Waals surface area contributed by atoms with Crippen LogP contribution < -0.4 is 11.1 Å². The summed E-state index contributed by atoms with van der Waals surface area (Å²) < 4.78 is 19.8. The van der Waals surface area contributed by atoms with Crippen LogP contribution in [0.25, 0.3) is 43.6 Å². The summed E-state index contributed by atoms with van der Waals surface area (Å²) >= 11 is 0. The first-order chi connectivity index (χ1) is 18.5. The molecule has 5 aromatic rings. The topological polar surface area (TPSA) is 127 Å². The number of hydrogen-bond donors (Lipinski definition) is 4. The van der Waals surface area contributed by atoms with E-state index in [1.807, 2.05) is 31.2 Å². The molecule has 3 aromatic carbocycles. The Morgan fingerprint density at radius 2 is 1.89 bits per heavy atom. The van der Waals surface area contributed by atoms with E-state index in [0.29, 0.717) is 19.6 Å². The van der Waals surface area contributed by atoms with Gasteiger partial charge < -0.3 is 39.9 Å². The number of benzene rings is 3. The molecule has 5 heterocycles. The highest BCUT2D eigenvalue weighted by Gasteiger charge is 2.42. The van der Waals surface area contributed by atoms with Gasteiger partial charge in [-0.15, -0.1) is 0 Å². The van der Waals surface area contributed by atoms with Gasteiger partial charge in [0.15, 0.2) is 6.29 Å². The molecule has 0 spiro atoms. The number of carbonyl (C=O) groups is 1.